The molecule has 3 rings (SSSR count). The lowest BCUT2D eigenvalue weighted by Gasteiger charge is -2.14. The first-order valence-electron chi connectivity index (χ1n) is 9.23. The van der Waals surface area contributed by atoms with Gasteiger partial charge in [0.25, 0.3) is 10.0 Å². The van der Waals surface area contributed by atoms with Gasteiger partial charge in [-0.15, -0.1) is 0 Å². The Morgan fingerprint density at radius 1 is 1.03 bits per heavy atom. The summed E-state index contributed by atoms with van der Waals surface area (Å²) in [4.78, 5) is 12.4. The van der Waals surface area contributed by atoms with Crippen LogP contribution in [0.3, 0.4) is 0 Å². The van der Waals surface area contributed by atoms with E-state index in [9.17, 15) is 17.6 Å². The number of nitrogens with two attached hydrogens (primary N) is 1. The monoisotopic (exact) mass is 427 g/mol. The Kier molecular flexibility index (Phi) is 6.49. The first-order chi connectivity index (χ1) is 14.3. The highest BCUT2D eigenvalue weighted by Gasteiger charge is 2.17. The van der Waals surface area contributed by atoms with Crippen molar-refractivity contribution < 1.29 is 17.6 Å². The van der Waals surface area contributed by atoms with Gasteiger partial charge in [0.15, 0.2) is 0 Å². The Morgan fingerprint density at radius 2 is 1.77 bits per heavy atom. The Morgan fingerprint density at radius 3 is 2.43 bits per heavy atom. The molecule has 8 heteroatoms. The molecule has 0 aromatic heterocycles. The lowest BCUT2D eigenvalue weighted by molar-refractivity contribution is -0.115. The van der Waals surface area contributed by atoms with E-state index in [2.05, 4.69) is 10.0 Å². The predicted octanol–water partition coefficient (Wildman–Crippen LogP) is 3.57. The van der Waals surface area contributed by atoms with Crippen LogP contribution in [0.5, 0.6) is 0 Å². The molecule has 0 fully saturated rings. The lowest BCUT2D eigenvalue weighted by Crippen LogP contribution is -2.17. The van der Waals surface area contributed by atoms with Crippen LogP contribution in [0.25, 0.3) is 0 Å². The number of nitrogens with one attached hydrogen (secondary N) is 2. The van der Waals surface area contributed by atoms with Crippen molar-refractivity contribution in [2.45, 2.75) is 24.8 Å². The van der Waals surface area contributed by atoms with Crippen LogP contribution in [0.15, 0.2) is 71.6 Å². The van der Waals surface area contributed by atoms with E-state index < -0.39 is 10.0 Å². The van der Waals surface area contributed by atoms with Crippen molar-refractivity contribution in [3.63, 3.8) is 0 Å². The predicted molar refractivity (Wildman–Crippen MR) is 115 cm³/mol. The maximum Gasteiger partial charge on any atom is 0.261 e. The van der Waals surface area contributed by atoms with Crippen molar-refractivity contribution in [1.29, 1.82) is 0 Å². The topological polar surface area (TPSA) is 101 Å². The standard InChI is InChI=1S/C22H22FN3O3S/c1-15-3-2-4-20(11-15)30(28,29)26-21-13-19(10-7-17(21)14-24)25-22(27)12-16-5-8-18(23)9-6-16/h2-11,13,26H,12,14,24H2,1H3,(H,25,27). The summed E-state index contributed by atoms with van der Waals surface area (Å²) in [5.74, 6) is -0.684. The highest BCUT2D eigenvalue weighted by Crippen LogP contribution is 2.24. The molecular formula is C22H22FN3O3S. The summed E-state index contributed by atoms with van der Waals surface area (Å²) in [6.07, 6.45) is 0.0588. The maximum absolute atomic E-state index is 13.0. The van der Waals surface area contributed by atoms with Crippen molar-refractivity contribution in [3.8, 4) is 0 Å². The normalized spacial score (nSPS) is 11.2. The van der Waals surface area contributed by atoms with Crippen LogP contribution in [0.1, 0.15) is 16.7 Å². The zero-order valence-electron chi connectivity index (χ0n) is 16.4. The van der Waals surface area contributed by atoms with E-state index in [1.54, 1.807) is 24.3 Å². The summed E-state index contributed by atoms with van der Waals surface area (Å²) in [7, 11) is -3.82. The number of rotatable bonds is 7. The summed E-state index contributed by atoms with van der Waals surface area (Å²) in [5.41, 5.74) is 8.52. The van der Waals surface area contributed by atoms with Gasteiger partial charge in [0.05, 0.1) is 17.0 Å². The number of aryl methyl sites for hydroxylation is 1. The molecule has 0 bridgehead atoms. The largest absolute Gasteiger partial charge is 0.326 e. The number of hydrogen-bond acceptors (Lipinski definition) is 4. The SMILES string of the molecule is Cc1cccc(S(=O)(=O)Nc2cc(NC(=O)Cc3ccc(F)cc3)ccc2CN)c1. The number of anilines is 2. The Hall–Kier alpha value is -3.23. The van der Waals surface area contributed by atoms with Gasteiger partial charge in [0.1, 0.15) is 5.82 Å². The summed E-state index contributed by atoms with van der Waals surface area (Å²) >= 11 is 0. The van der Waals surface area contributed by atoms with E-state index in [0.717, 1.165) is 5.56 Å². The van der Waals surface area contributed by atoms with E-state index in [4.69, 9.17) is 5.73 Å². The molecule has 0 unspecified atom stereocenters. The third-order valence-corrected chi connectivity index (χ3v) is 5.80. The second-order valence-corrected chi connectivity index (χ2v) is 8.53. The van der Waals surface area contributed by atoms with Gasteiger partial charge in [-0.2, -0.15) is 0 Å². The van der Waals surface area contributed by atoms with Gasteiger partial charge in [0.2, 0.25) is 5.91 Å². The zero-order valence-corrected chi connectivity index (χ0v) is 17.2. The van der Waals surface area contributed by atoms with Gasteiger partial charge in [-0.3, -0.25) is 9.52 Å². The van der Waals surface area contributed by atoms with Crippen molar-refractivity contribution in [3.05, 3.63) is 89.2 Å². The molecular weight excluding hydrogens is 405 g/mol. The van der Waals surface area contributed by atoms with Gasteiger partial charge in [0, 0.05) is 12.2 Å². The molecule has 0 heterocycles. The Labute approximate surface area is 175 Å². The summed E-state index contributed by atoms with van der Waals surface area (Å²) in [6.45, 7) is 1.93. The lowest BCUT2D eigenvalue weighted by atomic mass is 10.1. The maximum atomic E-state index is 13.0. The van der Waals surface area contributed by atoms with Gasteiger partial charge in [-0.25, -0.2) is 12.8 Å². The molecule has 0 radical (unpaired) electrons. The first kappa shape index (κ1) is 21.5. The van der Waals surface area contributed by atoms with Crippen LogP contribution in [0.2, 0.25) is 0 Å². The fourth-order valence-corrected chi connectivity index (χ4v) is 4.10. The van der Waals surface area contributed by atoms with Gasteiger partial charge >= 0.3 is 0 Å². The minimum atomic E-state index is -3.82. The summed E-state index contributed by atoms with van der Waals surface area (Å²) in [6, 6.07) is 17.0. The second kappa shape index (κ2) is 9.06. The number of carbonyl (C=O) groups is 1. The molecule has 3 aromatic rings. The zero-order chi connectivity index (χ0) is 21.7. The number of halogens is 1. The molecule has 0 spiro atoms. The van der Waals surface area contributed by atoms with Crippen molar-refractivity contribution in [2.24, 2.45) is 5.73 Å². The molecule has 3 aromatic carbocycles. The molecule has 0 saturated carbocycles. The number of hydrogen-bond donors (Lipinski definition) is 3. The summed E-state index contributed by atoms with van der Waals surface area (Å²) in [5, 5.41) is 2.72. The molecule has 6 nitrogen and oxygen atoms in total. The van der Waals surface area contributed by atoms with Gasteiger partial charge in [-0.1, -0.05) is 30.3 Å². The minimum absolute atomic E-state index is 0.0588. The third-order valence-electron chi connectivity index (χ3n) is 4.44. The molecule has 0 aliphatic heterocycles. The molecule has 0 aliphatic carbocycles. The molecule has 0 atom stereocenters. The highest BCUT2D eigenvalue weighted by atomic mass is 32.2. The number of amides is 1. The van der Waals surface area contributed by atoms with Crippen LogP contribution in [0.4, 0.5) is 15.8 Å². The van der Waals surface area contributed by atoms with E-state index in [0.29, 0.717) is 22.5 Å². The molecule has 0 aliphatic rings. The molecule has 1 amide bonds. The van der Waals surface area contributed by atoms with Gasteiger partial charge < -0.3 is 11.1 Å². The first-order valence-corrected chi connectivity index (χ1v) is 10.7. The van der Waals surface area contributed by atoms with E-state index >= 15 is 0 Å². The van der Waals surface area contributed by atoms with Crippen LogP contribution >= 0.6 is 0 Å². The van der Waals surface area contributed by atoms with Crippen LogP contribution < -0.4 is 15.8 Å². The fourth-order valence-electron chi connectivity index (χ4n) is 2.91. The number of benzene rings is 3. The van der Waals surface area contributed by atoms with E-state index in [1.165, 1.54) is 36.4 Å². The second-order valence-electron chi connectivity index (χ2n) is 6.85. The number of carbonyl (C=O) groups excluding carboxylic acids is 1. The average Bonchev–Trinajstić information content (AvgIpc) is 2.70. The molecule has 0 saturated heterocycles. The highest BCUT2D eigenvalue weighted by molar-refractivity contribution is 7.92. The van der Waals surface area contributed by atoms with E-state index in [1.807, 2.05) is 13.0 Å². The van der Waals surface area contributed by atoms with Gasteiger partial charge in [-0.05, 0) is 60.0 Å². The average molecular weight is 428 g/mol. The van der Waals surface area contributed by atoms with Crippen LogP contribution in [-0.2, 0) is 27.8 Å². The third kappa shape index (κ3) is 5.43. The fraction of sp³-hybridized carbons (Fsp3) is 0.136. The summed E-state index contributed by atoms with van der Waals surface area (Å²) < 4.78 is 41.1. The quantitative estimate of drug-likeness (QED) is 0.536. The van der Waals surface area contributed by atoms with Crippen molar-refractivity contribution >= 4 is 27.3 Å². The van der Waals surface area contributed by atoms with Crippen molar-refractivity contribution in [1.82, 2.24) is 0 Å². The molecule has 4 N–H and O–H groups in total. The minimum Gasteiger partial charge on any atom is -0.326 e. The van der Waals surface area contributed by atoms with Crippen LogP contribution in [-0.4, -0.2) is 14.3 Å². The Bertz CT molecular complexity index is 1160. The smallest absolute Gasteiger partial charge is 0.261 e. The van der Waals surface area contributed by atoms with Crippen LogP contribution in [0, 0.1) is 12.7 Å². The van der Waals surface area contributed by atoms with E-state index in [-0.39, 0.29) is 29.6 Å². The Balaban J connectivity index is 1.79. The number of sulfonamides is 1. The molecule has 30 heavy (non-hydrogen) atoms. The molecule has 156 valence electrons. The van der Waals surface area contributed by atoms with Crippen molar-refractivity contribution in [2.75, 3.05) is 10.0 Å².